The van der Waals surface area contributed by atoms with Crippen LogP contribution in [0.15, 0.2) is 49.6 Å². The number of esters is 2. The summed E-state index contributed by atoms with van der Waals surface area (Å²) in [5.74, 6) is -1.08. The van der Waals surface area contributed by atoms with Crippen LogP contribution >= 0.6 is 0 Å². The molecule has 0 aliphatic heterocycles. The number of hydrogen-bond donors (Lipinski definition) is 0. The molecule has 0 saturated heterocycles. The summed E-state index contributed by atoms with van der Waals surface area (Å²) in [6.07, 6.45) is 4.45. The minimum atomic E-state index is -0.539. The van der Waals surface area contributed by atoms with Gasteiger partial charge < -0.3 is 9.47 Å². The Balaban J connectivity index is 2.76. The standard InChI is InChI=1S/C16H18O4/c1-3-5-11-19-15(17)13-9-7-8-10-14(13)16(18)20-12-6-4-2/h3-4,7-10H,1-2,5-6,11-12H2. The van der Waals surface area contributed by atoms with E-state index in [9.17, 15) is 9.59 Å². The molecule has 0 N–H and O–H groups in total. The van der Waals surface area contributed by atoms with E-state index < -0.39 is 11.9 Å². The van der Waals surface area contributed by atoms with Gasteiger partial charge in [0.15, 0.2) is 0 Å². The molecular formula is C16H18O4. The highest BCUT2D eigenvalue weighted by Crippen LogP contribution is 2.12. The largest absolute Gasteiger partial charge is 0.462 e. The van der Waals surface area contributed by atoms with Gasteiger partial charge in [0.25, 0.3) is 0 Å². The smallest absolute Gasteiger partial charge is 0.339 e. The van der Waals surface area contributed by atoms with Crippen LogP contribution in [0, 0.1) is 0 Å². The van der Waals surface area contributed by atoms with E-state index in [0.29, 0.717) is 12.8 Å². The molecule has 0 radical (unpaired) electrons. The van der Waals surface area contributed by atoms with Gasteiger partial charge in [-0.25, -0.2) is 9.59 Å². The van der Waals surface area contributed by atoms with Crippen molar-refractivity contribution >= 4 is 11.9 Å². The van der Waals surface area contributed by atoms with Crippen molar-refractivity contribution in [1.82, 2.24) is 0 Å². The summed E-state index contributed by atoms with van der Waals surface area (Å²) in [6, 6.07) is 6.43. The van der Waals surface area contributed by atoms with Crippen molar-refractivity contribution in [1.29, 1.82) is 0 Å². The van der Waals surface area contributed by atoms with Crippen LogP contribution < -0.4 is 0 Å². The van der Waals surface area contributed by atoms with Crippen molar-refractivity contribution in [2.75, 3.05) is 13.2 Å². The fourth-order valence-corrected chi connectivity index (χ4v) is 1.46. The van der Waals surface area contributed by atoms with Gasteiger partial charge in [0.1, 0.15) is 0 Å². The summed E-state index contributed by atoms with van der Waals surface area (Å²) in [4.78, 5) is 23.8. The molecule has 0 fully saturated rings. The second-order valence-corrected chi connectivity index (χ2v) is 3.97. The van der Waals surface area contributed by atoms with Gasteiger partial charge in [0, 0.05) is 0 Å². The number of rotatable bonds is 8. The van der Waals surface area contributed by atoms with Crippen molar-refractivity contribution in [3.63, 3.8) is 0 Å². The van der Waals surface area contributed by atoms with Crippen LogP contribution in [0.2, 0.25) is 0 Å². The van der Waals surface area contributed by atoms with Crippen LogP contribution in [0.25, 0.3) is 0 Å². The third-order valence-corrected chi connectivity index (χ3v) is 2.48. The fourth-order valence-electron chi connectivity index (χ4n) is 1.46. The van der Waals surface area contributed by atoms with Crippen molar-refractivity contribution in [3.8, 4) is 0 Å². The summed E-state index contributed by atoms with van der Waals surface area (Å²) >= 11 is 0. The van der Waals surface area contributed by atoms with E-state index in [1.165, 1.54) is 0 Å². The molecule has 0 aliphatic carbocycles. The Bertz CT molecular complexity index is 446. The molecule has 0 aromatic heterocycles. The van der Waals surface area contributed by atoms with Gasteiger partial charge in [-0.1, -0.05) is 24.3 Å². The summed E-state index contributed by atoms with van der Waals surface area (Å²) in [5.41, 5.74) is 0.417. The van der Waals surface area contributed by atoms with E-state index in [0.717, 1.165) is 0 Å². The first kappa shape index (κ1) is 15.7. The highest BCUT2D eigenvalue weighted by atomic mass is 16.5. The van der Waals surface area contributed by atoms with Gasteiger partial charge >= 0.3 is 11.9 Å². The maximum absolute atomic E-state index is 11.9. The van der Waals surface area contributed by atoms with Gasteiger partial charge in [0.2, 0.25) is 0 Å². The Kier molecular flexibility index (Phi) is 6.82. The average Bonchev–Trinajstić information content (AvgIpc) is 2.47. The first-order valence-corrected chi connectivity index (χ1v) is 6.35. The summed E-state index contributed by atoms with van der Waals surface area (Å²) in [6.45, 7) is 7.57. The lowest BCUT2D eigenvalue weighted by atomic mass is 10.1. The Morgan fingerprint density at radius 3 is 1.65 bits per heavy atom. The molecule has 1 aromatic carbocycles. The normalized spacial score (nSPS) is 9.60. The molecule has 1 rings (SSSR count). The van der Waals surface area contributed by atoms with Crippen LogP contribution in [0.3, 0.4) is 0 Å². The number of carbonyl (C=O) groups excluding carboxylic acids is 2. The van der Waals surface area contributed by atoms with Gasteiger partial charge in [-0.3, -0.25) is 0 Å². The molecule has 0 spiro atoms. The van der Waals surface area contributed by atoms with Crippen molar-refractivity contribution in [3.05, 3.63) is 60.7 Å². The number of benzene rings is 1. The highest BCUT2D eigenvalue weighted by Gasteiger charge is 2.18. The number of carbonyl (C=O) groups is 2. The molecule has 0 bridgehead atoms. The molecule has 4 heteroatoms. The van der Waals surface area contributed by atoms with Crippen molar-refractivity contribution in [2.45, 2.75) is 12.8 Å². The van der Waals surface area contributed by atoms with Gasteiger partial charge in [0.05, 0.1) is 24.3 Å². The number of ether oxygens (including phenoxy) is 2. The second kappa shape index (κ2) is 8.69. The van der Waals surface area contributed by atoms with Gasteiger partial charge in [-0.2, -0.15) is 0 Å². The van der Waals surface area contributed by atoms with Gasteiger partial charge in [-0.15, -0.1) is 13.2 Å². The third-order valence-electron chi connectivity index (χ3n) is 2.48. The van der Waals surface area contributed by atoms with E-state index in [1.807, 2.05) is 0 Å². The van der Waals surface area contributed by atoms with Crippen LogP contribution in [-0.2, 0) is 9.47 Å². The molecule has 4 nitrogen and oxygen atoms in total. The minimum absolute atomic E-state index is 0.208. The lowest BCUT2D eigenvalue weighted by molar-refractivity contribution is 0.0464. The highest BCUT2D eigenvalue weighted by molar-refractivity contribution is 6.03. The first-order chi connectivity index (χ1) is 9.70. The van der Waals surface area contributed by atoms with E-state index >= 15 is 0 Å². The van der Waals surface area contributed by atoms with Crippen molar-refractivity contribution in [2.24, 2.45) is 0 Å². The fraction of sp³-hybridized carbons (Fsp3) is 0.250. The maximum atomic E-state index is 11.9. The van der Waals surface area contributed by atoms with Gasteiger partial charge in [-0.05, 0) is 25.0 Å². The SMILES string of the molecule is C=CCCOC(=O)c1ccccc1C(=O)OCCC=C. The summed E-state index contributed by atoms with van der Waals surface area (Å²) in [7, 11) is 0. The summed E-state index contributed by atoms with van der Waals surface area (Å²) < 4.78 is 10.1. The van der Waals surface area contributed by atoms with E-state index in [1.54, 1.807) is 36.4 Å². The predicted octanol–water partition coefficient (Wildman–Crippen LogP) is 3.15. The van der Waals surface area contributed by atoms with E-state index in [2.05, 4.69) is 13.2 Å². The molecule has 0 aliphatic rings. The lowest BCUT2D eigenvalue weighted by Crippen LogP contribution is -2.14. The predicted molar refractivity (Wildman–Crippen MR) is 76.6 cm³/mol. The second-order valence-electron chi connectivity index (χ2n) is 3.97. The Morgan fingerprint density at radius 1 is 0.900 bits per heavy atom. The molecule has 0 amide bonds. The quantitative estimate of drug-likeness (QED) is 0.415. The van der Waals surface area contributed by atoms with Crippen LogP contribution in [0.5, 0.6) is 0 Å². The molecule has 0 heterocycles. The molecule has 1 aromatic rings. The first-order valence-electron chi connectivity index (χ1n) is 6.35. The molecule has 0 saturated carbocycles. The molecule has 106 valence electrons. The zero-order chi connectivity index (χ0) is 14.8. The van der Waals surface area contributed by atoms with Crippen molar-refractivity contribution < 1.29 is 19.1 Å². The molecular weight excluding hydrogens is 256 g/mol. The lowest BCUT2D eigenvalue weighted by Gasteiger charge is -2.08. The Hall–Kier alpha value is -2.36. The zero-order valence-electron chi connectivity index (χ0n) is 11.3. The average molecular weight is 274 g/mol. The van der Waals surface area contributed by atoms with Crippen LogP contribution in [0.4, 0.5) is 0 Å². The van der Waals surface area contributed by atoms with Crippen LogP contribution in [-0.4, -0.2) is 25.2 Å². The molecule has 20 heavy (non-hydrogen) atoms. The Labute approximate surface area is 118 Å². The van der Waals surface area contributed by atoms with E-state index in [4.69, 9.17) is 9.47 Å². The third kappa shape index (κ3) is 4.72. The topological polar surface area (TPSA) is 52.6 Å². The maximum Gasteiger partial charge on any atom is 0.339 e. The Morgan fingerprint density at radius 2 is 1.30 bits per heavy atom. The molecule has 0 atom stereocenters. The minimum Gasteiger partial charge on any atom is -0.462 e. The monoisotopic (exact) mass is 274 g/mol. The molecule has 0 unspecified atom stereocenters. The van der Waals surface area contributed by atoms with E-state index in [-0.39, 0.29) is 24.3 Å². The number of hydrogen-bond acceptors (Lipinski definition) is 4. The summed E-state index contributed by atoms with van der Waals surface area (Å²) in [5, 5.41) is 0. The zero-order valence-corrected chi connectivity index (χ0v) is 11.3. The van der Waals surface area contributed by atoms with Crippen LogP contribution in [0.1, 0.15) is 33.6 Å².